The van der Waals surface area contributed by atoms with Gasteiger partial charge in [-0.25, -0.2) is 9.07 Å². The first-order chi connectivity index (χ1) is 19.7. The van der Waals surface area contributed by atoms with Crippen LogP contribution in [0.4, 0.5) is 4.39 Å². The predicted octanol–water partition coefficient (Wildman–Crippen LogP) is 3.02. The van der Waals surface area contributed by atoms with Crippen molar-refractivity contribution in [3.8, 4) is 5.69 Å². The number of carbonyl (C=O) groups is 3. The van der Waals surface area contributed by atoms with Crippen molar-refractivity contribution in [1.29, 1.82) is 0 Å². The fourth-order valence-electron chi connectivity index (χ4n) is 5.43. The molecule has 0 spiro atoms. The summed E-state index contributed by atoms with van der Waals surface area (Å²) in [5.41, 5.74) is 6.93. The number of halogens is 1. The number of aryl methyl sites for hydroxylation is 1. The smallest absolute Gasteiger partial charge is 0.255 e. The number of likely N-dealkylation sites (tertiary alicyclic amines) is 1. The summed E-state index contributed by atoms with van der Waals surface area (Å²) in [6, 6.07) is 17.0. The number of nitrogens with two attached hydrogens (primary N) is 1. The van der Waals surface area contributed by atoms with Crippen molar-refractivity contribution < 1.29 is 18.8 Å². The van der Waals surface area contributed by atoms with E-state index in [-0.39, 0.29) is 37.7 Å². The molecule has 2 aromatic carbocycles. The molecule has 10 heteroatoms. The molecular weight excluding hydrogens is 523 g/mol. The maximum Gasteiger partial charge on any atom is 0.255 e. The van der Waals surface area contributed by atoms with Crippen LogP contribution in [0.1, 0.15) is 59.5 Å². The van der Waals surface area contributed by atoms with Gasteiger partial charge in [0.05, 0.1) is 5.69 Å². The molecule has 9 nitrogen and oxygen atoms in total. The van der Waals surface area contributed by atoms with E-state index in [2.05, 4.69) is 46.9 Å². The van der Waals surface area contributed by atoms with Crippen LogP contribution in [0.5, 0.6) is 0 Å². The summed E-state index contributed by atoms with van der Waals surface area (Å²) in [5.74, 6) is -1.14. The Balaban J connectivity index is 1.19. The largest absolute Gasteiger partial charge is 0.367 e. The maximum atomic E-state index is 14.7. The zero-order chi connectivity index (χ0) is 29.0. The van der Waals surface area contributed by atoms with E-state index in [1.54, 1.807) is 35.1 Å². The van der Waals surface area contributed by atoms with Gasteiger partial charge in [-0.2, -0.15) is 5.10 Å². The van der Waals surface area contributed by atoms with Crippen LogP contribution in [0.3, 0.4) is 0 Å². The van der Waals surface area contributed by atoms with Crippen molar-refractivity contribution in [2.24, 2.45) is 5.73 Å². The second-order valence-corrected chi connectivity index (χ2v) is 11.1. The van der Waals surface area contributed by atoms with Crippen LogP contribution in [0.2, 0.25) is 0 Å². The van der Waals surface area contributed by atoms with Gasteiger partial charge in [-0.1, -0.05) is 29.8 Å². The Morgan fingerprint density at radius 2 is 1.80 bits per heavy atom. The summed E-state index contributed by atoms with van der Waals surface area (Å²) >= 11 is 0. The van der Waals surface area contributed by atoms with Crippen LogP contribution in [-0.4, -0.2) is 69.8 Å². The van der Waals surface area contributed by atoms with E-state index in [4.69, 9.17) is 5.73 Å². The Labute approximate surface area is 239 Å². The third-order valence-electron chi connectivity index (χ3n) is 8.18. The molecule has 2 heterocycles. The molecule has 5 rings (SSSR count). The van der Waals surface area contributed by atoms with E-state index in [1.165, 1.54) is 16.0 Å². The molecule has 3 amide bonds. The van der Waals surface area contributed by atoms with Crippen molar-refractivity contribution in [1.82, 2.24) is 25.3 Å². The van der Waals surface area contributed by atoms with Gasteiger partial charge in [-0.05, 0) is 68.6 Å². The molecule has 0 bridgehead atoms. The number of hydrogen-bond donors (Lipinski definition) is 3. The summed E-state index contributed by atoms with van der Waals surface area (Å²) in [4.78, 5) is 39.7. The first-order valence-electron chi connectivity index (χ1n) is 14.2. The van der Waals surface area contributed by atoms with Crippen molar-refractivity contribution in [3.63, 3.8) is 0 Å². The minimum Gasteiger partial charge on any atom is -0.367 e. The lowest BCUT2D eigenvalue weighted by Gasteiger charge is -2.36. The summed E-state index contributed by atoms with van der Waals surface area (Å²) in [7, 11) is 0. The number of alkyl halides is 1. The lowest BCUT2D eigenvalue weighted by molar-refractivity contribution is -0.141. The highest BCUT2D eigenvalue weighted by Gasteiger charge is 2.42. The molecule has 3 atom stereocenters. The van der Waals surface area contributed by atoms with Crippen molar-refractivity contribution in [2.45, 2.75) is 62.7 Å². The van der Waals surface area contributed by atoms with Gasteiger partial charge in [0.2, 0.25) is 5.91 Å². The SMILES string of the molecule is Cc1ccc([C@@H]2C[C@H]2NCCC[C@H](NC(=O)c2ccc(-n3cccn3)cc2)C(=O)N2CCC(F)(C(N)=O)CC2)cc1. The van der Waals surface area contributed by atoms with Gasteiger partial charge in [-0.15, -0.1) is 0 Å². The average molecular weight is 561 g/mol. The lowest BCUT2D eigenvalue weighted by Crippen LogP contribution is -2.55. The minimum atomic E-state index is -2.10. The topological polar surface area (TPSA) is 122 Å². The van der Waals surface area contributed by atoms with Crippen LogP contribution in [0.25, 0.3) is 5.69 Å². The molecule has 1 saturated carbocycles. The first kappa shape index (κ1) is 28.5. The Kier molecular flexibility index (Phi) is 8.49. The Morgan fingerprint density at radius 1 is 1.10 bits per heavy atom. The average Bonchev–Trinajstić information content (AvgIpc) is 3.53. The zero-order valence-corrected chi connectivity index (χ0v) is 23.3. The molecule has 3 aromatic rings. The molecule has 4 N–H and O–H groups in total. The number of carbonyl (C=O) groups excluding carboxylic acids is 3. The molecule has 0 unspecified atom stereocenters. The number of nitrogens with zero attached hydrogens (tertiary/aromatic N) is 3. The number of amides is 3. The van der Waals surface area contributed by atoms with Crippen molar-refractivity contribution in [2.75, 3.05) is 19.6 Å². The Bertz CT molecular complexity index is 1350. The van der Waals surface area contributed by atoms with Gasteiger partial charge in [-0.3, -0.25) is 14.4 Å². The number of primary amides is 1. The van der Waals surface area contributed by atoms with Gasteiger partial charge in [0, 0.05) is 55.8 Å². The first-order valence-corrected chi connectivity index (χ1v) is 14.2. The normalized spacial score (nSPS) is 20.3. The summed E-state index contributed by atoms with van der Waals surface area (Å²) in [5, 5.41) is 10.7. The summed E-state index contributed by atoms with van der Waals surface area (Å²) in [6.07, 6.45) is 5.38. The fourth-order valence-corrected chi connectivity index (χ4v) is 5.43. The van der Waals surface area contributed by atoms with Crippen molar-refractivity contribution in [3.05, 3.63) is 83.7 Å². The molecule has 2 fully saturated rings. The van der Waals surface area contributed by atoms with Crippen LogP contribution in [0.15, 0.2) is 67.0 Å². The molecule has 1 aromatic heterocycles. The molecule has 1 saturated heterocycles. The van der Waals surface area contributed by atoms with Gasteiger partial charge >= 0.3 is 0 Å². The highest BCUT2D eigenvalue weighted by atomic mass is 19.1. The Morgan fingerprint density at radius 3 is 2.44 bits per heavy atom. The molecule has 0 radical (unpaired) electrons. The van der Waals surface area contributed by atoms with E-state index >= 15 is 0 Å². The number of nitrogens with one attached hydrogen (secondary N) is 2. The van der Waals surface area contributed by atoms with Crippen LogP contribution < -0.4 is 16.4 Å². The zero-order valence-electron chi connectivity index (χ0n) is 23.3. The van der Waals surface area contributed by atoms with Crippen LogP contribution in [0, 0.1) is 6.92 Å². The molecule has 1 aliphatic heterocycles. The standard InChI is InChI=1S/C31H37FN6O3/c1-21-5-7-22(8-6-21)25-20-27(25)34-15-2-4-26(29(40)37-18-13-31(32,14-19-37)30(33)41)36-28(39)23-9-11-24(12-10-23)38-17-3-16-35-38/h3,5-12,16-17,25-27,34H,2,4,13-15,18-20H2,1H3,(H2,33,41)(H,36,39)/t25-,26-,27+/m0/s1. The minimum absolute atomic E-state index is 0.0712. The summed E-state index contributed by atoms with van der Waals surface area (Å²) in [6.45, 7) is 2.93. The summed E-state index contributed by atoms with van der Waals surface area (Å²) < 4.78 is 16.4. The number of piperidine rings is 1. The maximum absolute atomic E-state index is 14.7. The van der Waals surface area contributed by atoms with E-state index in [1.807, 2.05) is 12.3 Å². The second-order valence-electron chi connectivity index (χ2n) is 11.1. The highest BCUT2D eigenvalue weighted by Crippen LogP contribution is 2.40. The van der Waals surface area contributed by atoms with E-state index in [9.17, 15) is 18.8 Å². The van der Waals surface area contributed by atoms with Gasteiger partial charge in [0.15, 0.2) is 5.67 Å². The lowest BCUT2D eigenvalue weighted by atomic mass is 9.92. The quantitative estimate of drug-likeness (QED) is 0.311. The van der Waals surface area contributed by atoms with Gasteiger partial charge < -0.3 is 21.3 Å². The van der Waals surface area contributed by atoms with Crippen LogP contribution >= 0.6 is 0 Å². The molecule has 2 aliphatic rings. The third-order valence-corrected chi connectivity index (χ3v) is 8.18. The Hall–Kier alpha value is -4.05. The van der Waals surface area contributed by atoms with Crippen molar-refractivity contribution >= 4 is 17.7 Å². The number of rotatable bonds is 11. The fraction of sp³-hybridized carbons (Fsp3) is 0.419. The molecular formula is C31H37FN6O3. The molecule has 216 valence electrons. The number of aromatic nitrogens is 2. The monoisotopic (exact) mass is 560 g/mol. The van der Waals surface area contributed by atoms with E-state index in [0.717, 1.165) is 12.1 Å². The number of benzene rings is 2. The van der Waals surface area contributed by atoms with Crippen LogP contribution in [-0.2, 0) is 9.59 Å². The van der Waals surface area contributed by atoms with E-state index in [0.29, 0.717) is 36.9 Å². The highest BCUT2D eigenvalue weighted by molar-refractivity contribution is 5.97. The van der Waals surface area contributed by atoms with Gasteiger partial charge in [0.1, 0.15) is 6.04 Å². The van der Waals surface area contributed by atoms with Gasteiger partial charge in [0.25, 0.3) is 11.8 Å². The number of hydrogen-bond acceptors (Lipinski definition) is 5. The second kappa shape index (κ2) is 12.2. The predicted molar refractivity (Wildman–Crippen MR) is 153 cm³/mol. The third kappa shape index (κ3) is 6.82. The van der Waals surface area contributed by atoms with E-state index < -0.39 is 17.6 Å². The molecule has 1 aliphatic carbocycles. The molecule has 41 heavy (non-hydrogen) atoms.